The Hall–Kier alpha value is -1.28. The van der Waals surface area contributed by atoms with E-state index in [1.807, 2.05) is 20.0 Å². The number of benzene rings is 1. The van der Waals surface area contributed by atoms with Gasteiger partial charge < -0.3 is 11.1 Å². The summed E-state index contributed by atoms with van der Waals surface area (Å²) in [4.78, 5) is 0. The lowest BCUT2D eigenvalue weighted by molar-refractivity contribution is 0.621. The minimum Gasteiger partial charge on any atom is -0.398 e. The molecule has 2 heteroatoms. The van der Waals surface area contributed by atoms with Crippen molar-refractivity contribution in [3.63, 3.8) is 0 Å². The first-order valence-electron chi connectivity index (χ1n) is 5.33. The van der Waals surface area contributed by atoms with Crippen molar-refractivity contribution < 1.29 is 0 Å². The van der Waals surface area contributed by atoms with Crippen molar-refractivity contribution in [1.82, 2.24) is 5.32 Å². The summed E-state index contributed by atoms with van der Waals surface area (Å²) in [5, 5.41) is 3.20. The molecule has 0 saturated heterocycles. The molecule has 2 nitrogen and oxygen atoms in total. The first kappa shape index (κ1) is 11.8. The summed E-state index contributed by atoms with van der Waals surface area (Å²) in [5.74, 6) is 0. The topological polar surface area (TPSA) is 38.0 Å². The standard InChI is InChI=1S/C13H20N2/c1-10-7-8-12(9-13(10)14)6-4-5-11(2)15-3/h4,6-9,11,15H,5,14H2,1-3H3. The highest BCUT2D eigenvalue weighted by Crippen LogP contribution is 2.14. The van der Waals surface area contributed by atoms with E-state index in [0.29, 0.717) is 6.04 Å². The molecule has 0 radical (unpaired) electrons. The summed E-state index contributed by atoms with van der Waals surface area (Å²) in [6.07, 6.45) is 5.32. The smallest absolute Gasteiger partial charge is 0.0349 e. The zero-order chi connectivity index (χ0) is 11.3. The van der Waals surface area contributed by atoms with Gasteiger partial charge in [-0.3, -0.25) is 0 Å². The van der Waals surface area contributed by atoms with E-state index in [4.69, 9.17) is 5.73 Å². The number of aryl methyl sites for hydroxylation is 1. The van der Waals surface area contributed by atoms with Gasteiger partial charge >= 0.3 is 0 Å². The highest BCUT2D eigenvalue weighted by atomic mass is 14.8. The predicted octanol–water partition coefficient (Wildman–Crippen LogP) is 2.59. The van der Waals surface area contributed by atoms with E-state index in [1.54, 1.807) is 0 Å². The zero-order valence-corrected chi connectivity index (χ0v) is 9.75. The maximum Gasteiger partial charge on any atom is 0.0349 e. The molecule has 0 saturated carbocycles. The Morgan fingerprint density at radius 2 is 2.20 bits per heavy atom. The van der Waals surface area contributed by atoms with Gasteiger partial charge in [0.05, 0.1) is 0 Å². The van der Waals surface area contributed by atoms with Gasteiger partial charge in [-0.15, -0.1) is 0 Å². The third kappa shape index (κ3) is 3.76. The number of hydrogen-bond acceptors (Lipinski definition) is 2. The monoisotopic (exact) mass is 204 g/mol. The summed E-state index contributed by atoms with van der Waals surface area (Å²) >= 11 is 0. The average molecular weight is 204 g/mol. The van der Waals surface area contributed by atoms with E-state index in [1.165, 1.54) is 5.56 Å². The van der Waals surface area contributed by atoms with Crippen LogP contribution in [0.5, 0.6) is 0 Å². The van der Waals surface area contributed by atoms with Crippen molar-refractivity contribution in [2.45, 2.75) is 26.3 Å². The molecule has 1 atom stereocenters. The number of nitrogens with one attached hydrogen (secondary N) is 1. The number of rotatable bonds is 4. The highest BCUT2D eigenvalue weighted by molar-refractivity contribution is 5.58. The second-order valence-corrected chi connectivity index (χ2v) is 3.94. The molecule has 0 spiro atoms. The van der Waals surface area contributed by atoms with E-state index in [-0.39, 0.29) is 0 Å². The lowest BCUT2D eigenvalue weighted by Gasteiger charge is -2.05. The fourth-order valence-electron chi connectivity index (χ4n) is 1.29. The quantitative estimate of drug-likeness (QED) is 0.740. The van der Waals surface area contributed by atoms with Gasteiger partial charge in [0, 0.05) is 11.7 Å². The molecule has 0 bridgehead atoms. The predicted molar refractivity (Wildman–Crippen MR) is 67.8 cm³/mol. The van der Waals surface area contributed by atoms with Gasteiger partial charge in [-0.2, -0.15) is 0 Å². The third-order valence-corrected chi connectivity index (χ3v) is 2.60. The number of anilines is 1. The van der Waals surface area contributed by atoms with Gasteiger partial charge in [0.2, 0.25) is 0 Å². The summed E-state index contributed by atoms with van der Waals surface area (Å²) in [5.41, 5.74) is 9.00. The summed E-state index contributed by atoms with van der Waals surface area (Å²) in [6.45, 7) is 4.18. The molecule has 1 aromatic rings. The molecular weight excluding hydrogens is 184 g/mol. The number of hydrogen-bond donors (Lipinski definition) is 2. The second-order valence-electron chi connectivity index (χ2n) is 3.94. The van der Waals surface area contributed by atoms with Crippen LogP contribution in [0.1, 0.15) is 24.5 Å². The van der Waals surface area contributed by atoms with Crippen molar-refractivity contribution in [2.24, 2.45) is 0 Å². The SMILES string of the molecule is CNC(C)CC=Cc1ccc(C)c(N)c1. The van der Waals surface area contributed by atoms with Crippen LogP contribution in [-0.4, -0.2) is 13.1 Å². The van der Waals surface area contributed by atoms with E-state index in [2.05, 4.69) is 36.5 Å². The summed E-state index contributed by atoms with van der Waals surface area (Å²) in [6, 6.07) is 6.67. The van der Waals surface area contributed by atoms with Gasteiger partial charge in [-0.05, 0) is 44.5 Å². The molecule has 0 fully saturated rings. The van der Waals surface area contributed by atoms with Crippen LogP contribution in [-0.2, 0) is 0 Å². The van der Waals surface area contributed by atoms with Gasteiger partial charge in [-0.25, -0.2) is 0 Å². The number of nitrogens with two attached hydrogens (primary N) is 1. The molecule has 1 aromatic carbocycles. The molecule has 0 amide bonds. The van der Waals surface area contributed by atoms with Gasteiger partial charge in [0.1, 0.15) is 0 Å². The summed E-state index contributed by atoms with van der Waals surface area (Å²) in [7, 11) is 1.97. The fourth-order valence-corrected chi connectivity index (χ4v) is 1.29. The minimum atomic E-state index is 0.518. The highest BCUT2D eigenvalue weighted by Gasteiger charge is 1.95. The van der Waals surface area contributed by atoms with E-state index >= 15 is 0 Å². The number of nitrogen functional groups attached to an aromatic ring is 1. The van der Waals surface area contributed by atoms with E-state index < -0.39 is 0 Å². The lowest BCUT2D eigenvalue weighted by atomic mass is 10.1. The van der Waals surface area contributed by atoms with Crippen molar-refractivity contribution >= 4 is 11.8 Å². The first-order valence-corrected chi connectivity index (χ1v) is 5.33. The van der Waals surface area contributed by atoms with Crippen LogP contribution in [0.4, 0.5) is 5.69 Å². The molecule has 3 N–H and O–H groups in total. The molecule has 1 unspecified atom stereocenters. The van der Waals surface area contributed by atoms with Crippen LogP contribution in [0.25, 0.3) is 6.08 Å². The van der Waals surface area contributed by atoms with Crippen LogP contribution in [0.15, 0.2) is 24.3 Å². The molecule has 0 aliphatic heterocycles. The van der Waals surface area contributed by atoms with E-state index in [9.17, 15) is 0 Å². The fraction of sp³-hybridized carbons (Fsp3) is 0.385. The summed E-state index contributed by atoms with van der Waals surface area (Å²) < 4.78 is 0. The molecule has 82 valence electrons. The van der Waals surface area contributed by atoms with Crippen LogP contribution >= 0.6 is 0 Å². The van der Waals surface area contributed by atoms with Gasteiger partial charge in [0.25, 0.3) is 0 Å². The van der Waals surface area contributed by atoms with Crippen LogP contribution in [0.2, 0.25) is 0 Å². The second kappa shape index (κ2) is 5.56. The zero-order valence-electron chi connectivity index (χ0n) is 9.75. The van der Waals surface area contributed by atoms with E-state index in [0.717, 1.165) is 17.7 Å². The normalized spacial score (nSPS) is 13.3. The molecule has 0 aliphatic carbocycles. The van der Waals surface area contributed by atoms with Crippen LogP contribution in [0.3, 0.4) is 0 Å². The molecule has 15 heavy (non-hydrogen) atoms. The Kier molecular flexibility index (Phi) is 4.37. The van der Waals surface area contributed by atoms with Crippen molar-refractivity contribution in [2.75, 3.05) is 12.8 Å². The van der Waals surface area contributed by atoms with Crippen LogP contribution in [0, 0.1) is 6.92 Å². The Labute approximate surface area is 92.2 Å². The van der Waals surface area contributed by atoms with Crippen molar-refractivity contribution in [1.29, 1.82) is 0 Å². The maximum absolute atomic E-state index is 5.83. The Bertz CT molecular complexity index is 342. The first-order chi connectivity index (χ1) is 7.13. The Morgan fingerprint density at radius 1 is 1.47 bits per heavy atom. The average Bonchev–Trinajstić information content (AvgIpc) is 2.23. The molecule has 0 aliphatic rings. The largest absolute Gasteiger partial charge is 0.398 e. The molecular formula is C13H20N2. The lowest BCUT2D eigenvalue weighted by Crippen LogP contribution is -2.19. The molecule has 0 aromatic heterocycles. The van der Waals surface area contributed by atoms with Gasteiger partial charge in [0.15, 0.2) is 0 Å². The van der Waals surface area contributed by atoms with Crippen molar-refractivity contribution in [3.8, 4) is 0 Å². The maximum atomic E-state index is 5.83. The molecule has 0 heterocycles. The minimum absolute atomic E-state index is 0.518. The van der Waals surface area contributed by atoms with Gasteiger partial charge in [-0.1, -0.05) is 24.3 Å². The Balaban J connectivity index is 2.61. The Morgan fingerprint density at radius 3 is 2.80 bits per heavy atom. The molecule has 1 rings (SSSR count). The van der Waals surface area contributed by atoms with Crippen molar-refractivity contribution in [3.05, 3.63) is 35.4 Å². The van der Waals surface area contributed by atoms with Crippen LogP contribution < -0.4 is 11.1 Å². The third-order valence-electron chi connectivity index (χ3n) is 2.60.